The third-order valence-corrected chi connectivity index (χ3v) is 5.86. The normalized spacial score (nSPS) is 26.8. The number of rotatable bonds is 4. The lowest BCUT2D eigenvalue weighted by Gasteiger charge is -2.34. The Hall–Kier alpha value is -0.690. The van der Waals surface area contributed by atoms with Gasteiger partial charge in [-0.25, -0.2) is 17.5 Å². The van der Waals surface area contributed by atoms with E-state index in [0.717, 1.165) is 31.0 Å². The molecule has 1 aliphatic carbocycles. The molecular formula is C14H19ClFNO3S. The number of halogens is 2. The minimum atomic E-state index is -3.87. The van der Waals surface area contributed by atoms with E-state index >= 15 is 0 Å². The average Bonchev–Trinajstić information content (AvgIpc) is 2.40. The number of hydrogen-bond donors (Lipinski definition) is 2. The molecule has 0 spiro atoms. The summed E-state index contributed by atoms with van der Waals surface area (Å²) in [5, 5.41) is 10.2. The Balaban J connectivity index is 2.08. The maximum Gasteiger partial charge on any atom is 0.242 e. The van der Waals surface area contributed by atoms with Crippen molar-refractivity contribution in [3.8, 4) is 0 Å². The summed E-state index contributed by atoms with van der Waals surface area (Å²) in [6.45, 7) is 2.05. The molecule has 0 aromatic heterocycles. The zero-order valence-electron chi connectivity index (χ0n) is 11.8. The van der Waals surface area contributed by atoms with Gasteiger partial charge in [0.2, 0.25) is 10.0 Å². The monoisotopic (exact) mass is 335 g/mol. The summed E-state index contributed by atoms with van der Waals surface area (Å²) in [6.07, 6.45) is 2.87. The van der Waals surface area contributed by atoms with Crippen molar-refractivity contribution in [1.82, 2.24) is 4.72 Å². The fourth-order valence-electron chi connectivity index (χ4n) is 2.48. The summed E-state index contributed by atoms with van der Waals surface area (Å²) in [5.74, 6) is -0.0488. The molecule has 0 unspecified atom stereocenters. The third kappa shape index (κ3) is 4.16. The molecule has 1 aromatic carbocycles. The fraction of sp³-hybridized carbons (Fsp3) is 0.571. The fourth-order valence-corrected chi connectivity index (χ4v) is 4.13. The average molecular weight is 336 g/mol. The molecule has 0 saturated heterocycles. The van der Waals surface area contributed by atoms with Crippen molar-refractivity contribution >= 4 is 21.6 Å². The largest absolute Gasteiger partial charge is 0.389 e. The molecule has 0 aliphatic heterocycles. The minimum Gasteiger partial charge on any atom is -0.389 e. The van der Waals surface area contributed by atoms with E-state index in [1.165, 1.54) is 0 Å². The predicted molar refractivity (Wildman–Crippen MR) is 79.2 cm³/mol. The molecule has 2 N–H and O–H groups in total. The molecule has 4 nitrogen and oxygen atoms in total. The Morgan fingerprint density at radius 3 is 2.62 bits per heavy atom. The van der Waals surface area contributed by atoms with Crippen LogP contribution in [0.5, 0.6) is 0 Å². The quantitative estimate of drug-likeness (QED) is 0.889. The van der Waals surface area contributed by atoms with Crippen molar-refractivity contribution in [3.05, 3.63) is 29.0 Å². The SMILES string of the molecule is CC1CCC(O)(CNS(=O)(=O)c2ccc(F)cc2Cl)CC1. The zero-order chi connectivity index (χ0) is 15.7. The van der Waals surface area contributed by atoms with Gasteiger partial charge in [-0.3, -0.25) is 0 Å². The molecule has 1 aliphatic rings. The van der Waals surface area contributed by atoms with Crippen LogP contribution in [0.15, 0.2) is 23.1 Å². The van der Waals surface area contributed by atoms with E-state index in [2.05, 4.69) is 11.6 Å². The molecule has 2 rings (SSSR count). The molecule has 1 fully saturated rings. The minimum absolute atomic E-state index is 0.0598. The molecule has 0 amide bonds. The first-order valence-corrected chi connectivity index (χ1v) is 8.75. The smallest absolute Gasteiger partial charge is 0.242 e. The van der Waals surface area contributed by atoms with E-state index < -0.39 is 21.4 Å². The van der Waals surface area contributed by atoms with Crippen LogP contribution in [0.3, 0.4) is 0 Å². The number of hydrogen-bond acceptors (Lipinski definition) is 3. The van der Waals surface area contributed by atoms with Crippen LogP contribution in [0.2, 0.25) is 5.02 Å². The Labute approximate surface area is 129 Å². The molecular weight excluding hydrogens is 317 g/mol. The highest BCUT2D eigenvalue weighted by Crippen LogP contribution is 2.31. The van der Waals surface area contributed by atoms with Crippen molar-refractivity contribution in [3.63, 3.8) is 0 Å². The summed E-state index contributed by atoms with van der Waals surface area (Å²) in [5.41, 5.74) is -1.02. The Kier molecular flexibility index (Phi) is 4.92. The van der Waals surface area contributed by atoms with Crippen molar-refractivity contribution in [2.75, 3.05) is 6.54 Å². The van der Waals surface area contributed by atoms with Gasteiger partial charge in [-0.1, -0.05) is 18.5 Å². The molecule has 0 heterocycles. The molecule has 21 heavy (non-hydrogen) atoms. The van der Waals surface area contributed by atoms with Gasteiger partial charge >= 0.3 is 0 Å². The van der Waals surface area contributed by atoms with Crippen LogP contribution in [0.4, 0.5) is 4.39 Å². The molecule has 1 aromatic rings. The van der Waals surface area contributed by atoms with Gasteiger partial charge in [0, 0.05) is 6.54 Å². The van der Waals surface area contributed by atoms with Gasteiger partial charge in [-0.15, -0.1) is 0 Å². The molecule has 7 heteroatoms. The maximum absolute atomic E-state index is 13.0. The second kappa shape index (κ2) is 6.20. The van der Waals surface area contributed by atoms with E-state index in [9.17, 15) is 17.9 Å². The van der Waals surface area contributed by atoms with Gasteiger partial charge in [-0.05, 0) is 49.8 Å². The molecule has 0 radical (unpaired) electrons. The van der Waals surface area contributed by atoms with Crippen LogP contribution in [-0.2, 0) is 10.0 Å². The van der Waals surface area contributed by atoms with Gasteiger partial charge in [0.15, 0.2) is 0 Å². The molecule has 1 saturated carbocycles. The number of benzene rings is 1. The van der Waals surface area contributed by atoms with Crippen LogP contribution in [0.25, 0.3) is 0 Å². The second-order valence-electron chi connectivity index (χ2n) is 5.81. The van der Waals surface area contributed by atoms with Crippen molar-refractivity contribution in [2.45, 2.75) is 43.1 Å². The summed E-state index contributed by atoms with van der Waals surface area (Å²) in [4.78, 5) is -0.182. The van der Waals surface area contributed by atoms with Crippen LogP contribution < -0.4 is 4.72 Å². The lowest BCUT2D eigenvalue weighted by molar-refractivity contribution is -0.00182. The lowest BCUT2D eigenvalue weighted by atomic mass is 9.80. The van der Waals surface area contributed by atoms with Gasteiger partial charge in [-0.2, -0.15) is 0 Å². The highest BCUT2D eigenvalue weighted by atomic mass is 35.5. The number of sulfonamides is 1. The highest BCUT2D eigenvalue weighted by Gasteiger charge is 2.33. The topological polar surface area (TPSA) is 66.4 Å². The predicted octanol–water partition coefficient (Wildman–Crippen LogP) is 2.70. The molecule has 0 atom stereocenters. The second-order valence-corrected chi connectivity index (χ2v) is 7.95. The highest BCUT2D eigenvalue weighted by molar-refractivity contribution is 7.89. The summed E-state index contributed by atoms with van der Waals surface area (Å²) in [6, 6.07) is 3.11. The number of nitrogens with one attached hydrogen (secondary N) is 1. The van der Waals surface area contributed by atoms with Crippen LogP contribution in [-0.4, -0.2) is 25.7 Å². The summed E-state index contributed by atoms with van der Waals surface area (Å²) < 4.78 is 39.7. The number of aliphatic hydroxyl groups is 1. The Bertz CT molecular complexity index is 613. The first-order valence-electron chi connectivity index (χ1n) is 6.89. The van der Waals surface area contributed by atoms with Crippen molar-refractivity contribution < 1.29 is 17.9 Å². The molecule has 118 valence electrons. The van der Waals surface area contributed by atoms with Crippen LogP contribution >= 0.6 is 11.6 Å². The van der Waals surface area contributed by atoms with Crippen molar-refractivity contribution in [2.24, 2.45) is 5.92 Å². The van der Waals surface area contributed by atoms with E-state index in [1.807, 2.05) is 0 Å². The van der Waals surface area contributed by atoms with E-state index in [1.54, 1.807) is 0 Å². The van der Waals surface area contributed by atoms with Crippen LogP contribution in [0, 0.1) is 11.7 Å². The first-order chi connectivity index (χ1) is 9.72. The van der Waals surface area contributed by atoms with Gasteiger partial charge in [0.05, 0.1) is 10.6 Å². The lowest BCUT2D eigenvalue weighted by Crippen LogP contribution is -2.45. The van der Waals surface area contributed by atoms with Crippen molar-refractivity contribution in [1.29, 1.82) is 0 Å². The summed E-state index contributed by atoms with van der Waals surface area (Å²) >= 11 is 5.77. The van der Waals surface area contributed by atoms with Gasteiger partial charge in [0.1, 0.15) is 10.7 Å². The van der Waals surface area contributed by atoms with E-state index in [0.29, 0.717) is 18.8 Å². The molecule has 0 bridgehead atoms. The van der Waals surface area contributed by atoms with E-state index in [-0.39, 0.29) is 16.5 Å². The Morgan fingerprint density at radius 2 is 2.05 bits per heavy atom. The van der Waals surface area contributed by atoms with Crippen LogP contribution in [0.1, 0.15) is 32.6 Å². The van der Waals surface area contributed by atoms with Gasteiger partial charge < -0.3 is 5.11 Å². The Morgan fingerprint density at radius 1 is 1.43 bits per heavy atom. The third-order valence-electron chi connectivity index (χ3n) is 3.98. The van der Waals surface area contributed by atoms with Gasteiger partial charge in [0.25, 0.3) is 0 Å². The van der Waals surface area contributed by atoms with E-state index in [4.69, 9.17) is 11.6 Å². The maximum atomic E-state index is 13.0. The first kappa shape index (κ1) is 16.7. The standard InChI is InChI=1S/C14H19ClFNO3S/c1-10-4-6-14(18,7-5-10)9-17-21(19,20)13-3-2-11(16)8-12(13)15/h2-3,8,10,17-18H,4-7,9H2,1H3. The zero-order valence-corrected chi connectivity index (χ0v) is 13.3. The summed E-state index contributed by atoms with van der Waals surface area (Å²) in [7, 11) is -3.87.